The summed E-state index contributed by atoms with van der Waals surface area (Å²) in [6.07, 6.45) is 7.10. The average molecular weight is 168 g/mol. The number of aliphatic hydroxyl groups is 1. The summed E-state index contributed by atoms with van der Waals surface area (Å²) in [6, 6.07) is 0. The smallest absolute Gasteiger partial charge is 0.0835 e. The Balaban J connectivity index is 2.10. The van der Waals surface area contributed by atoms with Crippen molar-refractivity contribution in [1.82, 2.24) is 0 Å². The number of fused-ring (bicyclic) bond motifs is 1. The quantitative estimate of drug-likeness (QED) is 0.601. The van der Waals surface area contributed by atoms with Gasteiger partial charge in [-0.1, -0.05) is 6.08 Å². The average Bonchev–Trinajstić information content (AvgIpc) is 2.17. The minimum absolute atomic E-state index is 0.248. The van der Waals surface area contributed by atoms with Crippen LogP contribution in [-0.4, -0.2) is 24.4 Å². The highest BCUT2D eigenvalue weighted by Crippen LogP contribution is 2.32. The molecule has 0 aromatic heterocycles. The number of hydrogen-bond acceptors (Lipinski definition) is 2. The molecule has 0 aromatic rings. The van der Waals surface area contributed by atoms with Gasteiger partial charge in [-0.3, -0.25) is 0 Å². The lowest BCUT2D eigenvalue weighted by Crippen LogP contribution is -2.34. The van der Waals surface area contributed by atoms with Gasteiger partial charge in [0.1, 0.15) is 0 Å². The van der Waals surface area contributed by atoms with Gasteiger partial charge >= 0.3 is 0 Å². The highest BCUT2D eigenvalue weighted by Gasteiger charge is 2.29. The first-order valence-corrected chi connectivity index (χ1v) is 4.83. The summed E-state index contributed by atoms with van der Waals surface area (Å²) in [6.45, 7) is 1.15. The van der Waals surface area contributed by atoms with E-state index < -0.39 is 0 Å². The van der Waals surface area contributed by atoms with E-state index in [9.17, 15) is 0 Å². The zero-order chi connectivity index (χ0) is 8.39. The fourth-order valence-corrected chi connectivity index (χ4v) is 2.21. The van der Waals surface area contributed by atoms with Gasteiger partial charge in [0.25, 0.3) is 0 Å². The normalized spacial score (nSPS) is 35.6. The van der Waals surface area contributed by atoms with E-state index in [1.54, 1.807) is 0 Å². The molecule has 1 saturated heterocycles. The van der Waals surface area contributed by atoms with Gasteiger partial charge in [0.05, 0.1) is 6.10 Å². The zero-order valence-corrected chi connectivity index (χ0v) is 7.33. The maximum absolute atomic E-state index is 9.12. The predicted octanol–water partition coefficient (Wildman–Crippen LogP) is 1.49. The molecule has 68 valence electrons. The van der Waals surface area contributed by atoms with Crippen LogP contribution in [0.3, 0.4) is 0 Å². The molecule has 1 aliphatic heterocycles. The SMILES string of the molecule is OC[C@@H]1CCC=C2CCCO[C@@H]21. The summed E-state index contributed by atoms with van der Waals surface area (Å²) in [5.41, 5.74) is 1.44. The summed E-state index contributed by atoms with van der Waals surface area (Å²) in [7, 11) is 0. The van der Waals surface area contributed by atoms with Crippen LogP contribution in [0.1, 0.15) is 25.7 Å². The van der Waals surface area contributed by atoms with Crippen LogP contribution in [0.2, 0.25) is 0 Å². The maximum Gasteiger partial charge on any atom is 0.0835 e. The van der Waals surface area contributed by atoms with E-state index in [0.717, 1.165) is 25.9 Å². The Bertz CT molecular complexity index is 186. The first-order valence-electron chi connectivity index (χ1n) is 4.83. The first kappa shape index (κ1) is 8.27. The first-order chi connectivity index (χ1) is 5.92. The molecule has 0 radical (unpaired) electrons. The van der Waals surface area contributed by atoms with Gasteiger partial charge in [-0.25, -0.2) is 0 Å². The van der Waals surface area contributed by atoms with Gasteiger partial charge < -0.3 is 9.84 Å². The molecule has 0 bridgehead atoms. The molecular formula is C10H16O2. The van der Waals surface area contributed by atoms with Crippen LogP contribution in [0, 0.1) is 5.92 Å². The fourth-order valence-electron chi connectivity index (χ4n) is 2.21. The number of rotatable bonds is 1. The van der Waals surface area contributed by atoms with Crippen molar-refractivity contribution in [3.8, 4) is 0 Å². The molecule has 1 N–H and O–H groups in total. The van der Waals surface area contributed by atoms with E-state index in [1.807, 2.05) is 0 Å². The van der Waals surface area contributed by atoms with Crippen LogP contribution in [0.4, 0.5) is 0 Å². The van der Waals surface area contributed by atoms with Crippen LogP contribution in [0.25, 0.3) is 0 Å². The molecule has 0 unspecified atom stereocenters. The van der Waals surface area contributed by atoms with Gasteiger partial charge in [0, 0.05) is 19.1 Å². The molecule has 0 amide bonds. The van der Waals surface area contributed by atoms with E-state index >= 15 is 0 Å². The van der Waals surface area contributed by atoms with Crippen molar-refractivity contribution in [1.29, 1.82) is 0 Å². The Morgan fingerprint density at radius 1 is 1.58 bits per heavy atom. The molecular weight excluding hydrogens is 152 g/mol. The summed E-state index contributed by atoms with van der Waals surface area (Å²) in [4.78, 5) is 0. The number of ether oxygens (including phenoxy) is 1. The highest BCUT2D eigenvalue weighted by atomic mass is 16.5. The lowest BCUT2D eigenvalue weighted by Gasteiger charge is -2.34. The Morgan fingerprint density at radius 2 is 2.50 bits per heavy atom. The van der Waals surface area contributed by atoms with Crippen molar-refractivity contribution < 1.29 is 9.84 Å². The molecule has 0 spiro atoms. The Kier molecular flexibility index (Phi) is 2.47. The molecule has 1 aliphatic carbocycles. The van der Waals surface area contributed by atoms with E-state index in [4.69, 9.17) is 9.84 Å². The van der Waals surface area contributed by atoms with E-state index in [1.165, 1.54) is 12.0 Å². The molecule has 1 fully saturated rings. The second kappa shape index (κ2) is 3.58. The lowest BCUT2D eigenvalue weighted by atomic mass is 9.83. The monoisotopic (exact) mass is 168 g/mol. The van der Waals surface area contributed by atoms with E-state index in [-0.39, 0.29) is 12.7 Å². The standard InChI is InChI=1S/C10H16O2/c11-7-9-4-1-3-8-5-2-6-12-10(8)9/h3,9-11H,1-2,4-7H2/t9-,10-/m0/s1. The fraction of sp³-hybridized carbons (Fsp3) is 0.800. The third-order valence-electron chi connectivity index (χ3n) is 2.88. The minimum Gasteiger partial charge on any atom is -0.396 e. The molecule has 2 aliphatic rings. The summed E-state index contributed by atoms with van der Waals surface area (Å²) in [5, 5.41) is 9.12. The van der Waals surface area contributed by atoms with E-state index in [2.05, 4.69) is 6.08 Å². The van der Waals surface area contributed by atoms with Crippen molar-refractivity contribution in [2.75, 3.05) is 13.2 Å². The largest absolute Gasteiger partial charge is 0.396 e. The van der Waals surface area contributed by atoms with Gasteiger partial charge in [-0.05, 0) is 31.3 Å². The van der Waals surface area contributed by atoms with Crippen molar-refractivity contribution in [2.24, 2.45) is 5.92 Å². The molecule has 2 atom stereocenters. The van der Waals surface area contributed by atoms with Gasteiger partial charge in [-0.15, -0.1) is 0 Å². The van der Waals surface area contributed by atoms with Crippen molar-refractivity contribution in [2.45, 2.75) is 31.8 Å². The van der Waals surface area contributed by atoms with Crippen molar-refractivity contribution in [3.63, 3.8) is 0 Å². The van der Waals surface area contributed by atoms with Gasteiger partial charge in [-0.2, -0.15) is 0 Å². The molecule has 0 saturated carbocycles. The molecule has 2 nitrogen and oxygen atoms in total. The Hall–Kier alpha value is -0.340. The second-order valence-corrected chi connectivity index (χ2v) is 3.69. The Morgan fingerprint density at radius 3 is 3.33 bits per heavy atom. The van der Waals surface area contributed by atoms with Gasteiger partial charge in [0.15, 0.2) is 0 Å². The van der Waals surface area contributed by atoms with Crippen molar-refractivity contribution >= 4 is 0 Å². The van der Waals surface area contributed by atoms with Gasteiger partial charge in [0.2, 0.25) is 0 Å². The second-order valence-electron chi connectivity index (χ2n) is 3.69. The van der Waals surface area contributed by atoms with Crippen LogP contribution in [0.15, 0.2) is 11.6 Å². The van der Waals surface area contributed by atoms with Crippen LogP contribution in [-0.2, 0) is 4.74 Å². The highest BCUT2D eigenvalue weighted by molar-refractivity contribution is 5.15. The van der Waals surface area contributed by atoms with E-state index in [0.29, 0.717) is 5.92 Å². The molecule has 12 heavy (non-hydrogen) atoms. The number of hydrogen-bond donors (Lipinski definition) is 1. The topological polar surface area (TPSA) is 29.5 Å². The molecule has 0 aromatic carbocycles. The predicted molar refractivity (Wildman–Crippen MR) is 46.9 cm³/mol. The summed E-state index contributed by atoms with van der Waals surface area (Å²) in [5.74, 6) is 0.366. The van der Waals surface area contributed by atoms with Crippen LogP contribution in [0.5, 0.6) is 0 Å². The maximum atomic E-state index is 9.12. The number of aliphatic hydroxyl groups excluding tert-OH is 1. The Labute approximate surface area is 73.2 Å². The minimum atomic E-state index is 0.248. The van der Waals surface area contributed by atoms with Crippen LogP contribution < -0.4 is 0 Å². The summed E-state index contributed by atoms with van der Waals surface area (Å²) >= 11 is 0. The van der Waals surface area contributed by atoms with Crippen molar-refractivity contribution in [3.05, 3.63) is 11.6 Å². The lowest BCUT2D eigenvalue weighted by molar-refractivity contribution is -0.00979. The third kappa shape index (κ3) is 1.41. The summed E-state index contributed by atoms with van der Waals surface area (Å²) < 4.78 is 5.66. The number of allylic oxidation sites excluding steroid dienone is 1. The third-order valence-corrected chi connectivity index (χ3v) is 2.88. The molecule has 1 heterocycles. The molecule has 2 heteroatoms. The molecule has 2 rings (SSSR count). The van der Waals surface area contributed by atoms with Crippen LogP contribution >= 0.6 is 0 Å². The zero-order valence-electron chi connectivity index (χ0n) is 7.33.